The van der Waals surface area contributed by atoms with Gasteiger partial charge < -0.3 is 4.74 Å². The fourth-order valence-corrected chi connectivity index (χ4v) is 3.03. The van der Waals surface area contributed by atoms with Crippen molar-refractivity contribution < 1.29 is 14.3 Å². The third kappa shape index (κ3) is 2.75. The van der Waals surface area contributed by atoms with Crippen molar-refractivity contribution in [3.8, 4) is 11.5 Å². The second-order valence-electron chi connectivity index (χ2n) is 6.41. The number of rotatable bonds is 3. The zero-order valence-electron chi connectivity index (χ0n) is 14.5. The molecule has 4 rings (SSSR count). The number of anilines is 1. The summed E-state index contributed by atoms with van der Waals surface area (Å²) in [6.07, 6.45) is 0. The van der Waals surface area contributed by atoms with Gasteiger partial charge in [0.1, 0.15) is 11.5 Å². The summed E-state index contributed by atoms with van der Waals surface area (Å²) in [6, 6.07) is 20.0. The highest BCUT2D eigenvalue weighted by atomic mass is 16.5. The minimum Gasteiger partial charge on any atom is -0.457 e. The third-order valence-electron chi connectivity index (χ3n) is 4.37. The molecule has 0 saturated heterocycles. The van der Waals surface area contributed by atoms with Crippen molar-refractivity contribution in [2.75, 3.05) is 4.90 Å². The predicted octanol–water partition coefficient (Wildman–Crippen LogP) is 4.90. The molecule has 0 N–H and O–H groups in total. The number of hydrogen-bond acceptors (Lipinski definition) is 3. The molecule has 0 fully saturated rings. The van der Waals surface area contributed by atoms with Crippen LogP contribution in [0.15, 0.2) is 66.7 Å². The zero-order valence-corrected chi connectivity index (χ0v) is 14.5. The average Bonchev–Trinajstić information content (AvgIpc) is 2.87. The first kappa shape index (κ1) is 16.1. The molecule has 4 nitrogen and oxygen atoms in total. The molecule has 4 heteroatoms. The maximum absolute atomic E-state index is 12.8. The van der Waals surface area contributed by atoms with Crippen LogP contribution in [0.4, 0.5) is 5.69 Å². The van der Waals surface area contributed by atoms with Crippen LogP contribution in [-0.4, -0.2) is 11.8 Å². The summed E-state index contributed by atoms with van der Waals surface area (Å²) in [7, 11) is 0. The van der Waals surface area contributed by atoms with E-state index in [0.29, 0.717) is 28.3 Å². The summed E-state index contributed by atoms with van der Waals surface area (Å²) < 4.78 is 5.82. The quantitative estimate of drug-likeness (QED) is 0.636. The summed E-state index contributed by atoms with van der Waals surface area (Å²) in [6.45, 7) is 3.93. The van der Waals surface area contributed by atoms with Crippen LogP contribution in [0.2, 0.25) is 0 Å². The number of aryl methyl sites for hydroxylation is 2. The molecule has 3 aromatic carbocycles. The predicted molar refractivity (Wildman–Crippen MR) is 100 cm³/mol. The number of fused-ring (bicyclic) bond motifs is 1. The smallest absolute Gasteiger partial charge is 0.266 e. The number of nitrogens with zero attached hydrogens (tertiary/aromatic N) is 1. The molecule has 1 heterocycles. The monoisotopic (exact) mass is 343 g/mol. The fraction of sp³-hybridized carbons (Fsp3) is 0.0909. The lowest BCUT2D eigenvalue weighted by molar-refractivity contribution is 0.0926. The van der Waals surface area contributed by atoms with E-state index in [9.17, 15) is 9.59 Å². The molecule has 1 aliphatic rings. The van der Waals surface area contributed by atoms with Gasteiger partial charge in [-0.1, -0.05) is 29.8 Å². The second kappa shape index (κ2) is 6.15. The normalized spacial score (nSPS) is 13.1. The minimum absolute atomic E-state index is 0.308. The maximum atomic E-state index is 12.8. The van der Waals surface area contributed by atoms with Crippen molar-refractivity contribution in [3.63, 3.8) is 0 Å². The number of carbonyl (C=O) groups is 2. The maximum Gasteiger partial charge on any atom is 0.266 e. The molecule has 0 radical (unpaired) electrons. The molecule has 0 spiro atoms. The molecule has 0 atom stereocenters. The Hall–Kier alpha value is -3.40. The lowest BCUT2D eigenvalue weighted by atomic mass is 10.1. The lowest BCUT2D eigenvalue weighted by Crippen LogP contribution is -2.29. The van der Waals surface area contributed by atoms with Crippen LogP contribution in [0.25, 0.3) is 0 Å². The molecule has 0 saturated carbocycles. The van der Waals surface area contributed by atoms with E-state index in [1.165, 1.54) is 4.90 Å². The van der Waals surface area contributed by atoms with Crippen LogP contribution in [0.5, 0.6) is 11.5 Å². The molecular weight excluding hydrogens is 326 g/mol. The largest absolute Gasteiger partial charge is 0.457 e. The molecule has 3 aromatic rings. The first-order valence-electron chi connectivity index (χ1n) is 8.37. The topological polar surface area (TPSA) is 46.6 Å². The van der Waals surface area contributed by atoms with E-state index < -0.39 is 0 Å². The standard InChI is InChI=1S/C22H17NO3/c1-14-6-8-17(9-7-14)26-18-10-11-19-20(13-18)22(25)23(21(19)24)16-5-3-4-15(2)12-16/h3-13H,1-2H3. The van der Waals surface area contributed by atoms with E-state index in [0.717, 1.165) is 11.1 Å². The third-order valence-corrected chi connectivity index (χ3v) is 4.37. The number of ether oxygens (including phenoxy) is 1. The fourth-order valence-electron chi connectivity index (χ4n) is 3.03. The summed E-state index contributed by atoms with van der Waals surface area (Å²) in [5.74, 6) is 0.574. The first-order valence-corrected chi connectivity index (χ1v) is 8.37. The van der Waals surface area contributed by atoms with Gasteiger partial charge in [-0.25, -0.2) is 4.90 Å². The van der Waals surface area contributed by atoms with E-state index in [1.807, 2.05) is 56.3 Å². The molecular formula is C22H17NO3. The van der Waals surface area contributed by atoms with Gasteiger partial charge in [0, 0.05) is 0 Å². The van der Waals surface area contributed by atoms with Crippen LogP contribution < -0.4 is 9.64 Å². The highest BCUT2D eigenvalue weighted by Crippen LogP contribution is 2.32. The molecule has 0 aromatic heterocycles. The van der Waals surface area contributed by atoms with Crippen molar-refractivity contribution in [2.45, 2.75) is 13.8 Å². The Balaban J connectivity index is 1.67. The number of imide groups is 1. The number of benzene rings is 3. The zero-order chi connectivity index (χ0) is 18.3. The highest BCUT2D eigenvalue weighted by Gasteiger charge is 2.37. The first-order chi connectivity index (χ1) is 12.5. The van der Waals surface area contributed by atoms with Gasteiger partial charge in [0.2, 0.25) is 0 Å². The van der Waals surface area contributed by atoms with Crippen molar-refractivity contribution >= 4 is 17.5 Å². The Kier molecular flexibility index (Phi) is 3.81. The summed E-state index contributed by atoms with van der Waals surface area (Å²) >= 11 is 0. The van der Waals surface area contributed by atoms with Gasteiger partial charge in [0.25, 0.3) is 11.8 Å². The van der Waals surface area contributed by atoms with Crippen LogP contribution in [0.1, 0.15) is 31.8 Å². The Labute approximate surface area is 151 Å². The highest BCUT2D eigenvalue weighted by molar-refractivity contribution is 6.34. The number of carbonyl (C=O) groups excluding carboxylic acids is 2. The van der Waals surface area contributed by atoms with Crippen LogP contribution in [-0.2, 0) is 0 Å². The average molecular weight is 343 g/mol. The Morgan fingerprint density at radius 2 is 1.38 bits per heavy atom. The van der Waals surface area contributed by atoms with Crippen LogP contribution in [0.3, 0.4) is 0 Å². The van der Waals surface area contributed by atoms with Crippen LogP contribution >= 0.6 is 0 Å². The van der Waals surface area contributed by atoms with Gasteiger partial charge in [-0.2, -0.15) is 0 Å². The summed E-state index contributed by atoms with van der Waals surface area (Å²) in [5.41, 5.74) is 3.47. The van der Waals surface area contributed by atoms with Gasteiger partial charge in [0.15, 0.2) is 0 Å². The molecule has 0 aliphatic carbocycles. The minimum atomic E-state index is -0.329. The molecule has 0 unspecified atom stereocenters. The second-order valence-corrected chi connectivity index (χ2v) is 6.41. The van der Waals surface area contributed by atoms with E-state index in [2.05, 4.69) is 0 Å². The van der Waals surface area contributed by atoms with Crippen molar-refractivity contribution in [1.82, 2.24) is 0 Å². The Morgan fingerprint density at radius 1 is 0.692 bits per heavy atom. The number of amides is 2. The van der Waals surface area contributed by atoms with Gasteiger partial charge in [-0.3, -0.25) is 9.59 Å². The molecule has 2 amide bonds. The molecule has 128 valence electrons. The van der Waals surface area contributed by atoms with E-state index in [-0.39, 0.29) is 11.8 Å². The van der Waals surface area contributed by atoms with E-state index in [1.54, 1.807) is 24.3 Å². The summed E-state index contributed by atoms with van der Waals surface area (Å²) in [5, 5.41) is 0. The van der Waals surface area contributed by atoms with Gasteiger partial charge in [-0.05, 0) is 61.9 Å². The number of hydrogen-bond donors (Lipinski definition) is 0. The van der Waals surface area contributed by atoms with Crippen molar-refractivity contribution in [3.05, 3.63) is 89.0 Å². The van der Waals surface area contributed by atoms with Gasteiger partial charge in [-0.15, -0.1) is 0 Å². The van der Waals surface area contributed by atoms with E-state index in [4.69, 9.17) is 4.74 Å². The lowest BCUT2D eigenvalue weighted by Gasteiger charge is -2.14. The van der Waals surface area contributed by atoms with Crippen molar-refractivity contribution in [2.24, 2.45) is 0 Å². The SMILES string of the molecule is Cc1ccc(Oc2ccc3c(c2)C(=O)N(c2cccc(C)c2)C3=O)cc1. The van der Waals surface area contributed by atoms with E-state index >= 15 is 0 Å². The van der Waals surface area contributed by atoms with Crippen molar-refractivity contribution in [1.29, 1.82) is 0 Å². The van der Waals surface area contributed by atoms with Gasteiger partial charge >= 0.3 is 0 Å². The Bertz CT molecular complexity index is 1020. The van der Waals surface area contributed by atoms with Gasteiger partial charge in [0.05, 0.1) is 16.8 Å². The molecule has 1 aliphatic heterocycles. The molecule has 26 heavy (non-hydrogen) atoms. The Morgan fingerprint density at radius 3 is 2.12 bits per heavy atom. The van der Waals surface area contributed by atoms with Crippen LogP contribution in [0, 0.1) is 13.8 Å². The molecule has 0 bridgehead atoms. The summed E-state index contributed by atoms with van der Waals surface area (Å²) in [4.78, 5) is 26.7.